The third-order valence-electron chi connectivity index (χ3n) is 1.80. The third-order valence-corrected chi connectivity index (χ3v) is 1.80. The average molecular weight is 180 g/mol. The number of rotatable bonds is 2. The first-order valence-corrected chi connectivity index (χ1v) is 4.09. The number of hydrogen-bond acceptors (Lipinski definition) is 3. The van der Waals surface area contributed by atoms with Gasteiger partial charge in [-0.25, -0.2) is 0 Å². The lowest BCUT2D eigenvalue weighted by atomic mass is 10.00. The van der Waals surface area contributed by atoms with E-state index in [1.54, 1.807) is 13.8 Å². The van der Waals surface area contributed by atoms with Crippen molar-refractivity contribution in [2.24, 2.45) is 5.92 Å². The van der Waals surface area contributed by atoms with E-state index in [4.69, 9.17) is 5.11 Å². The van der Waals surface area contributed by atoms with Crippen LogP contribution in [0.2, 0.25) is 0 Å². The van der Waals surface area contributed by atoms with Gasteiger partial charge < -0.3 is 10.2 Å². The average Bonchev–Trinajstić information content (AvgIpc) is 2.08. The van der Waals surface area contributed by atoms with Crippen molar-refractivity contribution in [3.8, 4) is 11.5 Å². The van der Waals surface area contributed by atoms with Gasteiger partial charge in [0.15, 0.2) is 17.3 Å². The molecule has 0 atom stereocenters. The van der Waals surface area contributed by atoms with Gasteiger partial charge in [-0.3, -0.25) is 4.79 Å². The van der Waals surface area contributed by atoms with Crippen LogP contribution in [0.5, 0.6) is 11.5 Å². The van der Waals surface area contributed by atoms with E-state index in [-0.39, 0.29) is 28.8 Å². The maximum Gasteiger partial charge on any atom is 0.169 e. The van der Waals surface area contributed by atoms with Crippen molar-refractivity contribution in [1.82, 2.24) is 0 Å². The number of carbonyl (C=O) groups excluding carboxylic acids is 1. The number of aromatic hydroxyl groups is 2. The van der Waals surface area contributed by atoms with Crippen LogP contribution in [-0.2, 0) is 0 Å². The van der Waals surface area contributed by atoms with Crippen LogP contribution in [0.15, 0.2) is 18.2 Å². The first-order chi connectivity index (χ1) is 6.04. The highest BCUT2D eigenvalue weighted by molar-refractivity contribution is 6.00. The van der Waals surface area contributed by atoms with Gasteiger partial charge in [0.25, 0.3) is 0 Å². The van der Waals surface area contributed by atoms with Gasteiger partial charge in [0, 0.05) is 5.92 Å². The Kier molecular flexibility index (Phi) is 2.56. The highest BCUT2D eigenvalue weighted by Crippen LogP contribution is 2.29. The molecule has 0 spiro atoms. The molecule has 3 heteroatoms. The summed E-state index contributed by atoms with van der Waals surface area (Å²) in [6.45, 7) is 3.48. The molecule has 2 N–H and O–H groups in total. The molecule has 1 aromatic rings. The van der Waals surface area contributed by atoms with Gasteiger partial charge in [0.2, 0.25) is 0 Å². The van der Waals surface area contributed by atoms with Crippen molar-refractivity contribution in [2.75, 3.05) is 0 Å². The van der Waals surface area contributed by atoms with Crippen LogP contribution in [-0.4, -0.2) is 16.0 Å². The zero-order valence-electron chi connectivity index (χ0n) is 7.61. The Morgan fingerprint density at radius 2 is 1.92 bits per heavy atom. The van der Waals surface area contributed by atoms with Gasteiger partial charge in [-0.05, 0) is 12.1 Å². The first kappa shape index (κ1) is 9.58. The number of benzene rings is 1. The molecule has 1 rings (SSSR count). The molecular formula is C10H12O3. The molecule has 3 nitrogen and oxygen atoms in total. The summed E-state index contributed by atoms with van der Waals surface area (Å²) in [6, 6.07) is 4.37. The van der Waals surface area contributed by atoms with E-state index in [2.05, 4.69) is 0 Å². The first-order valence-electron chi connectivity index (χ1n) is 4.09. The molecule has 0 aliphatic rings. The number of Topliss-reactive ketones (excluding diaryl/α,β-unsaturated/α-hetero) is 1. The van der Waals surface area contributed by atoms with Gasteiger partial charge in [0.05, 0.1) is 5.56 Å². The summed E-state index contributed by atoms with van der Waals surface area (Å²) in [4.78, 5) is 11.4. The molecule has 1 aromatic carbocycles. The smallest absolute Gasteiger partial charge is 0.169 e. The van der Waals surface area contributed by atoms with Gasteiger partial charge in [-0.15, -0.1) is 0 Å². The fraction of sp³-hybridized carbons (Fsp3) is 0.300. The highest BCUT2D eigenvalue weighted by Gasteiger charge is 2.16. The van der Waals surface area contributed by atoms with E-state index in [1.807, 2.05) is 0 Å². The van der Waals surface area contributed by atoms with Crippen LogP contribution in [0.1, 0.15) is 24.2 Å². The van der Waals surface area contributed by atoms with Crippen molar-refractivity contribution in [1.29, 1.82) is 0 Å². The topological polar surface area (TPSA) is 57.5 Å². The zero-order valence-corrected chi connectivity index (χ0v) is 7.61. The molecule has 13 heavy (non-hydrogen) atoms. The predicted molar refractivity (Wildman–Crippen MR) is 48.9 cm³/mol. The Balaban J connectivity index is 3.15. The Morgan fingerprint density at radius 3 is 2.46 bits per heavy atom. The SMILES string of the molecule is CC(C)C(=O)c1cccc(O)c1O. The van der Waals surface area contributed by atoms with Crippen molar-refractivity contribution in [3.63, 3.8) is 0 Å². The molecule has 0 saturated heterocycles. The highest BCUT2D eigenvalue weighted by atomic mass is 16.3. The number of phenolic OH excluding ortho intramolecular Hbond substituents is 2. The number of phenols is 2. The second kappa shape index (κ2) is 3.47. The van der Waals surface area contributed by atoms with Crippen LogP contribution in [0.25, 0.3) is 0 Å². The lowest BCUT2D eigenvalue weighted by molar-refractivity contribution is 0.0936. The van der Waals surface area contributed by atoms with Crippen molar-refractivity contribution in [2.45, 2.75) is 13.8 Å². The van der Waals surface area contributed by atoms with Crippen molar-refractivity contribution in [3.05, 3.63) is 23.8 Å². The quantitative estimate of drug-likeness (QED) is 0.540. The lowest BCUT2D eigenvalue weighted by Gasteiger charge is -2.06. The standard InChI is InChI=1S/C10H12O3/c1-6(2)9(12)7-4-3-5-8(11)10(7)13/h3-6,11,13H,1-2H3. The van der Waals surface area contributed by atoms with Crippen molar-refractivity contribution >= 4 is 5.78 Å². The van der Waals surface area contributed by atoms with Crippen LogP contribution >= 0.6 is 0 Å². The summed E-state index contributed by atoms with van der Waals surface area (Å²) < 4.78 is 0. The van der Waals surface area contributed by atoms with Crippen LogP contribution < -0.4 is 0 Å². The van der Waals surface area contributed by atoms with E-state index in [0.717, 1.165) is 0 Å². The predicted octanol–water partition coefficient (Wildman–Crippen LogP) is 1.94. The second-order valence-electron chi connectivity index (χ2n) is 3.19. The van der Waals surface area contributed by atoms with E-state index in [1.165, 1.54) is 18.2 Å². The van der Waals surface area contributed by atoms with Crippen molar-refractivity contribution < 1.29 is 15.0 Å². The van der Waals surface area contributed by atoms with E-state index < -0.39 is 0 Å². The zero-order chi connectivity index (χ0) is 10.0. The molecule has 0 aliphatic carbocycles. The van der Waals surface area contributed by atoms with Gasteiger partial charge in [0.1, 0.15) is 0 Å². The Labute approximate surface area is 76.6 Å². The molecule has 0 amide bonds. The molecule has 0 bridgehead atoms. The van der Waals surface area contributed by atoms with E-state index in [0.29, 0.717) is 0 Å². The normalized spacial score (nSPS) is 10.4. The molecule has 70 valence electrons. The third kappa shape index (κ3) is 1.80. The summed E-state index contributed by atoms with van der Waals surface area (Å²) >= 11 is 0. The summed E-state index contributed by atoms with van der Waals surface area (Å²) in [5.74, 6) is -0.950. The fourth-order valence-corrected chi connectivity index (χ4v) is 1.04. The minimum atomic E-state index is -0.332. The molecule has 0 aromatic heterocycles. The van der Waals surface area contributed by atoms with E-state index in [9.17, 15) is 9.90 Å². The maximum atomic E-state index is 11.4. The Bertz CT molecular complexity index is 329. The molecular weight excluding hydrogens is 168 g/mol. The lowest BCUT2D eigenvalue weighted by Crippen LogP contribution is -2.07. The Hall–Kier alpha value is -1.51. The van der Waals surface area contributed by atoms with Crippen LogP contribution in [0.4, 0.5) is 0 Å². The minimum Gasteiger partial charge on any atom is -0.504 e. The largest absolute Gasteiger partial charge is 0.504 e. The summed E-state index contributed by atoms with van der Waals surface area (Å²) in [7, 11) is 0. The van der Waals surface area contributed by atoms with Crippen LogP contribution in [0, 0.1) is 5.92 Å². The number of carbonyl (C=O) groups is 1. The number of para-hydroxylation sites is 1. The second-order valence-corrected chi connectivity index (χ2v) is 3.19. The van der Waals surface area contributed by atoms with Crippen LogP contribution in [0.3, 0.4) is 0 Å². The summed E-state index contributed by atoms with van der Waals surface area (Å²) in [5, 5.41) is 18.5. The molecule has 0 heterocycles. The molecule has 0 saturated carbocycles. The minimum absolute atomic E-state index is 0.173. The number of ketones is 1. The molecule has 0 aliphatic heterocycles. The maximum absolute atomic E-state index is 11.4. The molecule has 0 radical (unpaired) electrons. The van der Waals surface area contributed by atoms with Gasteiger partial charge in [-0.1, -0.05) is 19.9 Å². The molecule has 0 fully saturated rings. The summed E-state index contributed by atoms with van der Waals surface area (Å²) in [5.41, 5.74) is 0.176. The summed E-state index contributed by atoms with van der Waals surface area (Å²) in [6.07, 6.45) is 0. The molecule has 0 unspecified atom stereocenters. The van der Waals surface area contributed by atoms with E-state index >= 15 is 0 Å². The van der Waals surface area contributed by atoms with Gasteiger partial charge in [-0.2, -0.15) is 0 Å². The number of hydrogen-bond donors (Lipinski definition) is 2. The Morgan fingerprint density at radius 1 is 1.31 bits per heavy atom. The van der Waals surface area contributed by atoms with Gasteiger partial charge >= 0.3 is 0 Å². The fourth-order valence-electron chi connectivity index (χ4n) is 1.04. The monoisotopic (exact) mass is 180 g/mol.